The molecule has 2 N–H and O–H groups in total. The van der Waals surface area contributed by atoms with E-state index >= 15 is 0 Å². The van der Waals surface area contributed by atoms with Crippen molar-refractivity contribution in [1.29, 1.82) is 0 Å². The molecule has 2 heteroatoms. The van der Waals surface area contributed by atoms with E-state index in [-0.39, 0.29) is 6.54 Å². The van der Waals surface area contributed by atoms with E-state index in [0.29, 0.717) is 5.92 Å². The SMILES string of the molecule is NCC(F)c1ccccc1C1CC1. The molecule has 1 aromatic carbocycles. The Balaban J connectivity index is 2.31. The summed E-state index contributed by atoms with van der Waals surface area (Å²) in [7, 11) is 0. The Bertz CT molecular complexity index is 294. The van der Waals surface area contributed by atoms with Crippen molar-refractivity contribution in [3.63, 3.8) is 0 Å². The second-order valence-corrected chi connectivity index (χ2v) is 3.61. The molecular formula is C11H14FN. The first kappa shape index (κ1) is 8.70. The lowest BCUT2D eigenvalue weighted by atomic mass is 10.00. The van der Waals surface area contributed by atoms with E-state index in [9.17, 15) is 4.39 Å². The highest BCUT2D eigenvalue weighted by Crippen LogP contribution is 2.43. The van der Waals surface area contributed by atoms with Crippen molar-refractivity contribution in [3.05, 3.63) is 35.4 Å². The molecule has 0 amide bonds. The van der Waals surface area contributed by atoms with Crippen LogP contribution in [-0.2, 0) is 0 Å². The fourth-order valence-corrected chi connectivity index (χ4v) is 1.69. The summed E-state index contributed by atoms with van der Waals surface area (Å²) in [5.74, 6) is 0.598. The van der Waals surface area contributed by atoms with Crippen molar-refractivity contribution in [1.82, 2.24) is 0 Å². The molecule has 0 spiro atoms. The lowest BCUT2D eigenvalue weighted by Crippen LogP contribution is -2.09. The Hall–Kier alpha value is -0.890. The number of halogens is 1. The number of hydrogen-bond acceptors (Lipinski definition) is 1. The van der Waals surface area contributed by atoms with Crippen LogP contribution in [0.2, 0.25) is 0 Å². The molecule has 2 rings (SSSR count). The van der Waals surface area contributed by atoms with Gasteiger partial charge in [-0.1, -0.05) is 24.3 Å². The summed E-state index contributed by atoms with van der Waals surface area (Å²) in [6.45, 7) is 0.0870. The van der Waals surface area contributed by atoms with Gasteiger partial charge in [0.1, 0.15) is 6.17 Å². The van der Waals surface area contributed by atoms with E-state index in [1.54, 1.807) is 0 Å². The highest BCUT2D eigenvalue weighted by atomic mass is 19.1. The van der Waals surface area contributed by atoms with Gasteiger partial charge >= 0.3 is 0 Å². The number of rotatable bonds is 3. The number of alkyl halides is 1. The lowest BCUT2D eigenvalue weighted by molar-refractivity contribution is 0.351. The normalized spacial score (nSPS) is 18.6. The third kappa shape index (κ3) is 1.73. The molecule has 1 atom stereocenters. The van der Waals surface area contributed by atoms with E-state index in [1.807, 2.05) is 24.3 Å². The molecule has 1 fully saturated rings. The average molecular weight is 179 g/mol. The van der Waals surface area contributed by atoms with Crippen molar-refractivity contribution in [3.8, 4) is 0 Å². The first-order valence-corrected chi connectivity index (χ1v) is 4.76. The first-order valence-electron chi connectivity index (χ1n) is 4.76. The molecule has 0 aromatic heterocycles. The zero-order chi connectivity index (χ0) is 9.26. The Morgan fingerprint density at radius 2 is 2.08 bits per heavy atom. The van der Waals surface area contributed by atoms with Gasteiger partial charge in [-0.3, -0.25) is 0 Å². The smallest absolute Gasteiger partial charge is 0.138 e. The van der Waals surface area contributed by atoms with Crippen LogP contribution in [0.1, 0.15) is 36.1 Å². The Labute approximate surface area is 77.8 Å². The second kappa shape index (κ2) is 3.46. The molecule has 0 heterocycles. The van der Waals surface area contributed by atoms with Crippen LogP contribution in [0.5, 0.6) is 0 Å². The quantitative estimate of drug-likeness (QED) is 0.758. The minimum absolute atomic E-state index is 0.0870. The monoisotopic (exact) mass is 179 g/mol. The zero-order valence-corrected chi connectivity index (χ0v) is 7.54. The van der Waals surface area contributed by atoms with Crippen LogP contribution in [0.25, 0.3) is 0 Å². The van der Waals surface area contributed by atoms with Gasteiger partial charge in [-0.2, -0.15) is 0 Å². The summed E-state index contributed by atoms with van der Waals surface area (Å²) < 4.78 is 13.4. The van der Waals surface area contributed by atoms with Crippen LogP contribution in [0.3, 0.4) is 0 Å². The highest BCUT2D eigenvalue weighted by Gasteiger charge is 2.27. The van der Waals surface area contributed by atoms with Gasteiger partial charge in [0.05, 0.1) is 0 Å². The highest BCUT2D eigenvalue weighted by molar-refractivity contribution is 5.34. The van der Waals surface area contributed by atoms with E-state index in [1.165, 1.54) is 18.4 Å². The standard InChI is InChI=1S/C11H14FN/c12-11(7-13)10-4-2-1-3-9(10)8-5-6-8/h1-4,8,11H,5-7,13H2. The largest absolute Gasteiger partial charge is 0.327 e. The summed E-state index contributed by atoms with van der Waals surface area (Å²) in [4.78, 5) is 0. The summed E-state index contributed by atoms with van der Waals surface area (Å²) in [5, 5.41) is 0. The Morgan fingerprint density at radius 1 is 1.38 bits per heavy atom. The molecule has 1 nitrogen and oxygen atoms in total. The van der Waals surface area contributed by atoms with E-state index in [2.05, 4.69) is 0 Å². The van der Waals surface area contributed by atoms with Crippen molar-refractivity contribution in [2.75, 3.05) is 6.54 Å². The zero-order valence-electron chi connectivity index (χ0n) is 7.54. The number of hydrogen-bond donors (Lipinski definition) is 1. The molecular weight excluding hydrogens is 165 g/mol. The third-order valence-corrected chi connectivity index (χ3v) is 2.56. The third-order valence-electron chi connectivity index (χ3n) is 2.56. The molecule has 0 radical (unpaired) electrons. The predicted octanol–water partition coefficient (Wildman–Crippen LogP) is 2.53. The van der Waals surface area contributed by atoms with Gasteiger partial charge in [0.25, 0.3) is 0 Å². The topological polar surface area (TPSA) is 26.0 Å². The molecule has 0 aliphatic heterocycles. The van der Waals surface area contributed by atoms with Gasteiger partial charge in [0.2, 0.25) is 0 Å². The van der Waals surface area contributed by atoms with Crippen LogP contribution < -0.4 is 5.73 Å². The summed E-state index contributed by atoms with van der Waals surface area (Å²) in [5.41, 5.74) is 7.28. The molecule has 70 valence electrons. The van der Waals surface area contributed by atoms with E-state index in [0.717, 1.165) is 5.56 Å². The summed E-state index contributed by atoms with van der Waals surface area (Å²) in [6, 6.07) is 7.73. The van der Waals surface area contributed by atoms with E-state index < -0.39 is 6.17 Å². The van der Waals surface area contributed by atoms with E-state index in [4.69, 9.17) is 5.73 Å². The fraction of sp³-hybridized carbons (Fsp3) is 0.455. The minimum Gasteiger partial charge on any atom is -0.327 e. The van der Waals surface area contributed by atoms with Gasteiger partial charge in [0, 0.05) is 6.54 Å². The maximum atomic E-state index is 13.4. The molecule has 0 bridgehead atoms. The molecule has 1 aromatic rings. The molecule has 1 aliphatic rings. The van der Waals surface area contributed by atoms with Gasteiger partial charge in [0.15, 0.2) is 0 Å². The van der Waals surface area contributed by atoms with Gasteiger partial charge < -0.3 is 5.73 Å². The van der Waals surface area contributed by atoms with Crippen molar-refractivity contribution in [2.24, 2.45) is 5.73 Å². The predicted molar refractivity (Wildman–Crippen MR) is 51.3 cm³/mol. The van der Waals surface area contributed by atoms with Crippen LogP contribution in [0.15, 0.2) is 24.3 Å². The van der Waals surface area contributed by atoms with Crippen molar-refractivity contribution >= 4 is 0 Å². The van der Waals surface area contributed by atoms with Crippen LogP contribution in [-0.4, -0.2) is 6.54 Å². The average Bonchev–Trinajstić information content (AvgIpc) is 3.00. The molecule has 0 saturated heterocycles. The number of nitrogens with two attached hydrogens (primary N) is 1. The molecule has 13 heavy (non-hydrogen) atoms. The first-order chi connectivity index (χ1) is 6.33. The van der Waals surface area contributed by atoms with Gasteiger partial charge in [-0.05, 0) is 29.9 Å². The molecule has 1 unspecified atom stereocenters. The van der Waals surface area contributed by atoms with Crippen molar-refractivity contribution in [2.45, 2.75) is 24.9 Å². The number of benzene rings is 1. The second-order valence-electron chi connectivity index (χ2n) is 3.61. The fourth-order valence-electron chi connectivity index (χ4n) is 1.69. The molecule has 1 aliphatic carbocycles. The van der Waals surface area contributed by atoms with Crippen LogP contribution in [0, 0.1) is 0 Å². The maximum Gasteiger partial charge on any atom is 0.138 e. The lowest BCUT2D eigenvalue weighted by Gasteiger charge is -2.10. The van der Waals surface area contributed by atoms with Gasteiger partial charge in [-0.15, -0.1) is 0 Å². The summed E-state index contributed by atoms with van der Waals surface area (Å²) >= 11 is 0. The van der Waals surface area contributed by atoms with Crippen LogP contribution in [0.4, 0.5) is 4.39 Å². The van der Waals surface area contributed by atoms with Crippen LogP contribution >= 0.6 is 0 Å². The van der Waals surface area contributed by atoms with Gasteiger partial charge in [-0.25, -0.2) is 4.39 Å². The Kier molecular flexibility index (Phi) is 2.32. The minimum atomic E-state index is -0.989. The maximum absolute atomic E-state index is 13.4. The van der Waals surface area contributed by atoms with Crippen molar-refractivity contribution < 1.29 is 4.39 Å². The summed E-state index contributed by atoms with van der Waals surface area (Å²) in [6.07, 6.45) is 1.42. The molecule has 1 saturated carbocycles. The Morgan fingerprint density at radius 3 is 2.69 bits per heavy atom.